The van der Waals surface area contributed by atoms with Gasteiger partial charge in [0.25, 0.3) is 0 Å². The molecular weight excluding hydrogens is 100 g/mol. The van der Waals surface area contributed by atoms with E-state index in [0.29, 0.717) is 0 Å². The Bertz CT molecular complexity index is 43.9. The fraction of sp³-hybridized carbons (Fsp3) is 0.571. The predicted octanol–water partition coefficient (Wildman–Crippen LogP) is 1.78. The second kappa shape index (κ2) is 4.85. The van der Waals surface area contributed by atoms with Gasteiger partial charge in [0, 0.05) is 0 Å². The largest absolute Gasteiger partial charge is 0.391 e. The lowest BCUT2D eigenvalue weighted by atomic mass is 10.2. The molecule has 0 saturated carbocycles. The predicted molar refractivity (Wildman–Crippen MR) is 37.5 cm³/mol. The lowest BCUT2D eigenvalue weighted by Crippen LogP contribution is -2.10. The van der Waals surface area contributed by atoms with Crippen molar-refractivity contribution in [2.75, 3.05) is 0 Å². The van der Waals surface area contributed by atoms with Gasteiger partial charge in [-0.3, -0.25) is 0 Å². The van der Waals surface area contributed by atoms with Crippen LogP contribution >= 0.6 is 0 Å². The Kier molecular flexibility index (Phi) is 6.45. The maximum atomic E-state index is 8.52. The molecule has 0 heterocycles. The first-order chi connectivity index (χ1) is 3.41. The highest BCUT2D eigenvalue weighted by Gasteiger charge is 1.97. The van der Waals surface area contributed by atoms with Crippen molar-refractivity contribution < 1.29 is 5.11 Å². The van der Waals surface area contributed by atoms with Crippen molar-refractivity contribution in [1.29, 1.82) is 0 Å². The summed E-state index contributed by atoms with van der Waals surface area (Å²) >= 11 is 0. The van der Waals surface area contributed by atoms with Gasteiger partial charge < -0.3 is 5.11 Å². The van der Waals surface area contributed by atoms with Gasteiger partial charge in [0.1, 0.15) is 0 Å². The first-order valence-electron chi connectivity index (χ1n) is 2.54. The van der Waals surface area contributed by atoms with E-state index in [1.165, 1.54) is 6.08 Å². The molecule has 0 amide bonds. The minimum atomic E-state index is -0.500. The monoisotopic (exact) mass is 115 g/mol. The number of aliphatic hydroxyl groups is 1. The van der Waals surface area contributed by atoms with Crippen molar-refractivity contribution >= 4 is 0 Å². The normalized spacial score (nSPS) is 9.12. The van der Waals surface area contributed by atoms with Gasteiger partial charge in [0.15, 0.2) is 0 Å². The SMILES string of the molecule is CC(C)(C)O.[CH2]C=C. The fourth-order valence-corrected chi connectivity index (χ4v) is 0. The summed E-state index contributed by atoms with van der Waals surface area (Å²) in [4.78, 5) is 0. The van der Waals surface area contributed by atoms with Gasteiger partial charge in [-0.25, -0.2) is 0 Å². The summed E-state index contributed by atoms with van der Waals surface area (Å²) < 4.78 is 0. The van der Waals surface area contributed by atoms with E-state index in [2.05, 4.69) is 13.5 Å². The van der Waals surface area contributed by atoms with E-state index in [0.717, 1.165) is 0 Å². The quantitative estimate of drug-likeness (QED) is 0.510. The molecule has 0 fully saturated rings. The van der Waals surface area contributed by atoms with Crippen molar-refractivity contribution in [3.8, 4) is 0 Å². The van der Waals surface area contributed by atoms with E-state index < -0.39 is 5.60 Å². The molecule has 0 bridgehead atoms. The summed E-state index contributed by atoms with van der Waals surface area (Å²) in [5, 5.41) is 8.52. The van der Waals surface area contributed by atoms with Gasteiger partial charge in [-0.1, -0.05) is 6.08 Å². The van der Waals surface area contributed by atoms with Gasteiger partial charge in [-0.05, 0) is 27.7 Å². The molecule has 0 aromatic carbocycles. The van der Waals surface area contributed by atoms with E-state index in [9.17, 15) is 0 Å². The van der Waals surface area contributed by atoms with Crippen molar-refractivity contribution in [3.63, 3.8) is 0 Å². The van der Waals surface area contributed by atoms with E-state index in [1.54, 1.807) is 20.8 Å². The summed E-state index contributed by atoms with van der Waals surface area (Å²) in [6.45, 7) is 11.7. The molecule has 0 aliphatic carbocycles. The molecule has 0 aliphatic heterocycles. The minimum Gasteiger partial charge on any atom is -0.391 e. The van der Waals surface area contributed by atoms with E-state index in [-0.39, 0.29) is 0 Å². The summed E-state index contributed by atoms with van der Waals surface area (Å²) in [5.74, 6) is 0. The van der Waals surface area contributed by atoms with Gasteiger partial charge >= 0.3 is 0 Å². The van der Waals surface area contributed by atoms with Crippen LogP contribution in [0.3, 0.4) is 0 Å². The zero-order valence-electron chi connectivity index (χ0n) is 5.94. The molecule has 0 unspecified atom stereocenters. The van der Waals surface area contributed by atoms with Gasteiger partial charge in [-0.2, -0.15) is 0 Å². The van der Waals surface area contributed by atoms with Crippen LogP contribution in [0.4, 0.5) is 0 Å². The zero-order valence-corrected chi connectivity index (χ0v) is 5.94. The molecular formula is C7H15O. The van der Waals surface area contributed by atoms with Gasteiger partial charge in [-0.15, -0.1) is 6.58 Å². The summed E-state index contributed by atoms with van der Waals surface area (Å²) in [5.41, 5.74) is -0.500. The van der Waals surface area contributed by atoms with Crippen LogP contribution in [0.1, 0.15) is 20.8 Å². The van der Waals surface area contributed by atoms with Crippen molar-refractivity contribution in [2.24, 2.45) is 0 Å². The van der Waals surface area contributed by atoms with Crippen LogP contribution in [-0.2, 0) is 0 Å². The highest BCUT2D eigenvalue weighted by molar-refractivity contribution is 4.66. The van der Waals surface area contributed by atoms with Crippen molar-refractivity contribution in [3.05, 3.63) is 19.6 Å². The lowest BCUT2D eigenvalue weighted by molar-refractivity contribution is 0.102. The van der Waals surface area contributed by atoms with Crippen LogP contribution in [0.25, 0.3) is 0 Å². The highest BCUT2D eigenvalue weighted by Crippen LogP contribution is 1.93. The van der Waals surface area contributed by atoms with E-state index in [4.69, 9.17) is 5.11 Å². The van der Waals surface area contributed by atoms with Crippen molar-refractivity contribution in [2.45, 2.75) is 26.4 Å². The Labute approximate surface area is 52.0 Å². The molecule has 1 heteroatoms. The first kappa shape index (κ1) is 10.6. The van der Waals surface area contributed by atoms with Crippen LogP contribution < -0.4 is 0 Å². The Morgan fingerprint density at radius 2 is 1.38 bits per heavy atom. The van der Waals surface area contributed by atoms with Crippen LogP contribution in [0.5, 0.6) is 0 Å². The Morgan fingerprint density at radius 3 is 1.38 bits per heavy atom. The van der Waals surface area contributed by atoms with Gasteiger partial charge in [0.05, 0.1) is 5.60 Å². The van der Waals surface area contributed by atoms with E-state index >= 15 is 0 Å². The second-order valence-electron chi connectivity index (χ2n) is 2.46. The average Bonchev–Trinajstić information content (AvgIpc) is 1.27. The molecule has 1 radical (unpaired) electrons. The first-order valence-corrected chi connectivity index (χ1v) is 2.54. The third-order valence-electron chi connectivity index (χ3n) is 0. The fourth-order valence-electron chi connectivity index (χ4n) is 0. The molecule has 0 aliphatic rings. The number of hydrogen-bond donors (Lipinski definition) is 1. The maximum absolute atomic E-state index is 8.52. The van der Waals surface area contributed by atoms with E-state index in [1.807, 2.05) is 0 Å². The lowest BCUT2D eigenvalue weighted by Gasteiger charge is -2.04. The van der Waals surface area contributed by atoms with Crippen molar-refractivity contribution in [1.82, 2.24) is 0 Å². The maximum Gasteiger partial charge on any atom is 0.0563 e. The number of rotatable bonds is 0. The molecule has 0 spiro atoms. The van der Waals surface area contributed by atoms with Crippen LogP contribution in [-0.4, -0.2) is 10.7 Å². The number of hydrogen-bond acceptors (Lipinski definition) is 1. The molecule has 0 rings (SSSR count). The molecule has 0 atom stereocenters. The van der Waals surface area contributed by atoms with Crippen LogP contribution in [0, 0.1) is 6.92 Å². The number of allylic oxidation sites excluding steroid dienone is 1. The smallest absolute Gasteiger partial charge is 0.0563 e. The summed E-state index contributed by atoms with van der Waals surface area (Å²) in [6.07, 6.45) is 1.50. The average molecular weight is 115 g/mol. The highest BCUT2D eigenvalue weighted by atomic mass is 16.3. The minimum absolute atomic E-state index is 0.500. The second-order valence-corrected chi connectivity index (χ2v) is 2.46. The molecule has 0 aromatic heterocycles. The summed E-state index contributed by atoms with van der Waals surface area (Å²) in [7, 11) is 0. The van der Waals surface area contributed by atoms with Crippen LogP contribution in [0.15, 0.2) is 12.7 Å². The van der Waals surface area contributed by atoms with Gasteiger partial charge in [0.2, 0.25) is 0 Å². The Hall–Kier alpha value is -0.300. The Morgan fingerprint density at radius 1 is 1.38 bits per heavy atom. The zero-order chi connectivity index (χ0) is 7.21. The molecule has 1 nitrogen and oxygen atoms in total. The molecule has 8 heavy (non-hydrogen) atoms. The third-order valence-corrected chi connectivity index (χ3v) is 0. The van der Waals surface area contributed by atoms with Crippen LogP contribution in [0.2, 0.25) is 0 Å². The third kappa shape index (κ3) is 1400. The standard InChI is InChI=1S/C4H10O.C3H5/c1-4(2,3)5;1-3-2/h5H,1-3H3;3H,1-2H2. The molecule has 0 saturated heterocycles. The molecule has 1 N–H and O–H groups in total. The molecule has 49 valence electrons. The Balaban J connectivity index is 0. The molecule has 0 aromatic rings. The summed E-state index contributed by atoms with van der Waals surface area (Å²) in [6, 6.07) is 0. The topological polar surface area (TPSA) is 20.2 Å².